The van der Waals surface area contributed by atoms with E-state index >= 15 is 0 Å². The zero-order chi connectivity index (χ0) is 13.2. The quantitative estimate of drug-likeness (QED) is 0.459. The smallest absolute Gasteiger partial charge is 0.191 e. The Hall–Kier alpha value is -1.62. The molecule has 4 nitrogen and oxygen atoms in total. The first kappa shape index (κ1) is 14.4. The molecule has 0 amide bonds. The second-order valence-electron chi connectivity index (χ2n) is 3.68. The molecule has 1 aromatic carbocycles. The summed E-state index contributed by atoms with van der Waals surface area (Å²) in [6.45, 7) is 4.52. The van der Waals surface area contributed by atoms with E-state index in [4.69, 9.17) is 4.74 Å². The second kappa shape index (κ2) is 8.47. The number of hydrogen-bond donors (Lipinski definition) is 2. The molecule has 0 fully saturated rings. The number of aliphatic imine (C=N–C) groups is 1. The van der Waals surface area contributed by atoms with Gasteiger partial charge in [0.1, 0.15) is 5.82 Å². The van der Waals surface area contributed by atoms with Crippen LogP contribution in [0.5, 0.6) is 0 Å². The summed E-state index contributed by atoms with van der Waals surface area (Å²) in [7, 11) is 1.70. The topological polar surface area (TPSA) is 45.6 Å². The Morgan fingerprint density at radius 2 is 2.22 bits per heavy atom. The van der Waals surface area contributed by atoms with Crippen LogP contribution in [0.3, 0.4) is 0 Å². The van der Waals surface area contributed by atoms with E-state index in [0.29, 0.717) is 32.3 Å². The Bertz CT molecular complexity index is 382. The lowest BCUT2D eigenvalue weighted by molar-refractivity contribution is 0.152. The molecule has 0 saturated carbocycles. The van der Waals surface area contributed by atoms with Crippen molar-refractivity contribution in [2.24, 2.45) is 4.99 Å². The lowest BCUT2D eigenvalue weighted by atomic mass is 10.2. The van der Waals surface area contributed by atoms with Crippen molar-refractivity contribution in [2.75, 3.05) is 26.8 Å². The van der Waals surface area contributed by atoms with Crippen molar-refractivity contribution < 1.29 is 9.13 Å². The number of ether oxygens (including phenoxy) is 1. The summed E-state index contributed by atoms with van der Waals surface area (Å²) in [5, 5.41) is 6.22. The SMILES string of the molecule is CCOCCNC(=NC)NCc1cccc(F)c1. The molecule has 1 aromatic rings. The fourth-order valence-electron chi connectivity index (χ4n) is 1.44. The van der Waals surface area contributed by atoms with Gasteiger partial charge >= 0.3 is 0 Å². The monoisotopic (exact) mass is 253 g/mol. The van der Waals surface area contributed by atoms with Crippen LogP contribution in [0.15, 0.2) is 29.3 Å². The van der Waals surface area contributed by atoms with Crippen LogP contribution in [-0.2, 0) is 11.3 Å². The fraction of sp³-hybridized carbons (Fsp3) is 0.462. The van der Waals surface area contributed by atoms with E-state index in [0.717, 1.165) is 5.56 Å². The molecule has 0 aliphatic heterocycles. The van der Waals surface area contributed by atoms with Gasteiger partial charge < -0.3 is 15.4 Å². The molecule has 100 valence electrons. The van der Waals surface area contributed by atoms with E-state index in [1.807, 2.05) is 13.0 Å². The van der Waals surface area contributed by atoms with Gasteiger partial charge in [0, 0.05) is 26.7 Å². The highest BCUT2D eigenvalue weighted by atomic mass is 19.1. The van der Waals surface area contributed by atoms with Crippen molar-refractivity contribution in [3.05, 3.63) is 35.6 Å². The van der Waals surface area contributed by atoms with Gasteiger partial charge in [-0.15, -0.1) is 0 Å². The highest BCUT2D eigenvalue weighted by Crippen LogP contribution is 2.02. The molecular weight excluding hydrogens is 233 g/mol. The summed E-state index contributed by atoms with van der Waals surface area (Å²) in [5.41, 5.74) is 0.878. The van der Waals surface area contributed by atoms with Gasteiger partial charge in [-0.1, -0.05) is 12.1 Å². The van der Waals surface area contributed by atoms with E-state index in [1.165, 1.54) is 12.1 Å². The molecule has 5 heteroatoms. The third-order valence-corrected chi connectivity index (χ3v) is 2.32. The minimum atomic E-state index is -0.228. The first-order valence-corrected chi connectivity index (χ1v) is 6.03. The summed E-state index contributed by atoms with van der Waals surface area (Å²) in [4.78, 5) is 4.07. The van der Waals surface area contributed by atoms with Gasteiger partial charge in [-0.2, -0.15) is 0 Å². The predicted molar refractivity (Wildman–Crippen MR) is 71.1 cm³/mol. The van der Waals surface area contributed by atoms with Gasteiger partial charge in [0.2, 0.25) is 0 Å². The van der Waals surface area contributed by atoms with E-state index in [-0.39, 0.29) is 5.82 Å². The maximum atomic E-state index is 13.0. The molecule has 18 heavy (non-hydrogen) atoms. The van der Waals surface area contributed by atoms with Crippen LogP contribution >= 0.6 is 0 Å². The molecule has 0 heterocycles. The first-order chi connectivity index (χ1) is 8.76. The van der Waals surface area contributed by atoms with Gasteiger partial charge in [-0.25, -0.2) is 4.39 Å². The normalized spacial score (nSPS) is 11.4. The van der Waals surface area contributed by atoms with Gasteiger partial charge in [0.05, 0.1) is 6.61 Å². The number of benzene rings is 1. The van der Waals surface area contributed by atoms with Crippen molar-refractivity contribution in [2.45, 2.75) is 13.5 Å². The van der Waals surface area contributed by atoms with Gasteiger partial charge in [-0.05, 0) is 24.6 Å². The van der Waals surface area contributed by atoms with Crippen LogP contribution in [0.1, 0.15) is 12.5 Å². The molecule has 1 rings (SSSR count). The summed E-state index contributed by atoms with van der Waals surface area (Å²) >= 11 is 0. The number of hydrogen-bond acceptors (Lipinski definition) is 2. The maximum absolute atomic E-state index is 13.0. The highest BCUT2D eigenvalue weighted by Gasteiger charge is 1.98. The highest BCUT2D eigenvalue weighted by molar-refractivity contribution is 5.79. The van der Waals surface area contributed by atoms with Crippen LogP contribution < -0.4 is 10.6 Å². The lowest BCUT2D eigenvalue weighted by Gasteiger charge is -2.11. The van der Waals surface area contributed by atoms with Crippen molar-refractivity contribution in [1.82, 2.24) is 10.6 Å². The van der Waals surface area contributed by atoms with Crippen LogP contribution in [0.2, 0.25) is 0 Å². The molecule has 0 atom stereocenters. The van der Waals surface area contributed by atoms with Crippen LogP contribution in [-0.4, -0.2) is 32.8 Å². The van der Waals surface area contributed by atoms with Crippen molar-refractivity contribution in [3.8, 4) is 0 Å². The van der Waals surface area contributed by atoms with Crippen molar-refractivity contribution in [3.63, 3.8) is 0 Å². The molecule has 0 aromatic heterocycles. The van der Waals surface area contributed by atoms with Crippen LogP contribution in [0.25, 0.3) is 0 Å². The Labute approximate surface area is 107 Å². The largest absolute Gasteiger partial charge is 0.380 e. The third kappa shape index (κ3) is 5.63. The summed E-state index contributed by atoms with van der Waals surface area (Å²) in [5.74, 6) is 0.451. The number of guanidine groups is 1. The number of halogens is 1. The number of nitrogens with one attached hydrogen (secondary N) is 2. The molecular formula is C13H20FN3O. The first-order valence-electron chi connectivity index (χ1n) is 6.03. The zero-order valence-corrected chi connectivity index (χ0v) is 10.9. The van der Waals surface area contributed by atoms with Gasteiger partial charge in [-0.3, -0.25) is 4.99 Å². The van der Waals surface area contributed by atoms with Gasteiger partial charge in [0.25, 0.3) is 0 Å². The Morgan fingerprint density at radius 3 is 2.89 bits per heavy atom. The Kier molecular flexibility index (Phi) is 6.79. The summed E-state index contributed by atoms with van der Waals surface area (Å²) in [6, 6.07) is 6.49. The fourth-order valence-corrected chi connectivity index (χ4v) is 1.44. The Balaban J connectivity index is 2.31. The molecule has 2 N–H and O–H groups in total. The molecule has 0 saturated heterocycles. The summed E-state index contributed by atoms with van der Waals surface area (Å²) < 4.78 is 18.2. The Morgan fingerprint density at radius 1 is 1.39 bits per heavy atom. The number of rotatable bonds is 6. The number of nitrogens with zero attached hydrogens (tertiary/aromatic N) is 1. The van der Waals surface area contributed by atoms with Crippen LogP contribution in [0, 0.1) is 5.82 Å². The van der Waals surface area contributed by atoms with E-state index in [1.54, 1.807) is 13.1 Å². The predicted octanol–water partition coefficient (Wildman–Crippen LogP) is 1.53. The zero-order valence-electron chi connectivity index (χ0n) is 10.9. The summed E-state index contributed by atoms with van der Waals surface area (Å²) in [6.07, 6.45) is 0. The molecule has 0 bridgehead atoms. The van der Waals surface area contributed by atoms with Crippen molar-refractivity contribution >= 4 is 5.96 Å². The van der Waals surface area contributed by atoms with Gasteiger partial charge in [0.15, 0.2) is 5.96 Å². The minimum absolute atomic E-state index is 0.228. The molecule has 0 aliphatic rings. The second-order valence-corrected chi connectivity index (χ2v) is 3.68. The van der Waals surface area contributed by atoms with Crippen LogP contribution in [0.4, 0.5) is 4.39 Å². The maximum Gasteiger partial charge on any atom is 0.191 e. The van der Waals surface area contributed by atoms with E-state index in [9.17, 15) is 4.39 Å². The van der Waals surface area contributed by atoms with Crippen molar-refractivity contribution in [1.29, 1.82) is 0 Å². The third-order valence-electron chi connectivity index (χ3n) is 2.32. The van der Waals surface area contributed by atoms with E-state index < -0.39 is 0 Å². The molecule has 0 spiro atoms. The minimum Gasteiger partial charge on any atom is -0.380 e. The molecule has 0 aliphatic carbocycles. The molecule has 0 unspecified atom stereocenters. The molecule has 0 radical (unpaired) electrons. The lowest BCUT2D eigenvalue weighted by Crippen LogP contribution is -2.38. The average molecular weight is 253 g/mol. The average Bonchev–Trinajstić information content (AvgIpc) is 2.38. The van der Waals surface area contributed by atoms with E-state index in [2.05, 4.69) is 15.6 Å². The standard InChI is InChI=1S/C13H20FN3O/c1-3-18-8-7-16-13(15-2)17-10-11-5-4-6-12(14)9-11/h4-6,9H,3,7-8,10H2,1-2H3,(H2,15,16,17).